The Balaban J connectivity index is 2.00. The second-order valence-electron chi connectivity index (χ2n) is 8.91. The first-order valence-corrected chi connectivity index (χ1v) is 10.6. The maximum atomic E-state index is 12.9. The van der Waals surface area contributed by atoms with Gasteiger partial charge in [-0.05, 0) is 55.1 Å². The Morgan fingerprint density at radius 2 is 2.07 bits per heavy atom. The van der Waals surface area contributed by atoms with Gasteiger partial charge in [0.25, 0.3) is 5.56 Å². The van der Waals surface area contributed by atoms with E-state index < -0.39 is 0 Å². The van der Waals surface area contributed by atoms with Gasteiger partial charge in [-0.1, -0.05) is 25.1 Å². The van der Waals surface area contributed by atoms with Gasteiger partial charge in [0.1, 0.15) is 12.6 Å². The van der Waals surface area contributed by atoms with Crippen LogP contribution in [0.3, 0.4) is 0 Å². The maximum absolute atomic E-state index is 12.9. The smallest absolute Gasteiger partial charge is 0.257 e. The van der Waals surface area contributed by atoms with Crippen molar-refractivity contribution in [3.8, 4) is 0 Å². The summed E-state index contributed by atoms with van der Waals surface area (Å²) < 4.78 is 1.87. The minimum absolute atomic E-state index is 0.0124. The minimum Gasteiger partial charge on any atom is -0.396 e. The molecule has 8 heteroatoms. The van der Waals surface area contributed by atoms with Crippen LogP contribution in [0.25, 0.3) is 10.9 Å². The number of rotatable bonds is 8. The first-order chi connectivity index (χ1) is 14.3. The van der Waals surface area contributed by atoms with Crippen molar-refractivity contribution in [3.05, 3.63) is 51.6 Å². The van der Waals surface area contributed by atoms with Gasteiger partial charge >= 0.3 is 0 Å². The van der Waals surface area contributed by atoms with E-state index in [1.54, 1.807) is 0 Å². The molecule has 3 rings (SSSR count). The van der Waals surface area contributed by atoms with Crippen LogP contribution in [0, 0.1) is 6.92 Å². The zero-order chi connectivity index (χ0) is 21.9. The van der Waals surface area contributed by atoms with Crippen LogP contribution in [0.5, 0.6) is 0 Å². The Labute approximate surface area is 176 Å². The van der Waals surface area contributed by atoms with Gasteiger partial charge < -0.3 is 15.0 Å². The monoisotopic (exact) mass is 413 g/mol. The Hall–Kier alpha value is -2.58. The molecule has 8 nitrogen and oxygen atoms in total. The lowest BCUT2D eigenvalue weighted by Gasteiger charge is -2.29. The number of fused-ring (bicyclic) bond motifs is 1. The van der Waals surface area contributed by atoms with Gasteiger partial charge in [-0.3, -0.25) is 4.79 Å². The van der Waals surface area contributed by atoms with Crippen molar-refractivity contribution in [2.24, 2.45) is 0 Å². The van der Waals surface area contributed by atoms with E-state index in [2.05, 4.69) is 48.2 Å². The Bertz CT molecular complexity index is 1050. The third-order valence-corrected chi connectivity index (χ3v) is 5.58. The summed E-state index contributed by atoms with van der Waals surface area (Å²) in [6.45, 7) is 11.7. The molecule has 0 saturated carbocycles. The number of pyridine rings is 1. The van der Waals surface area contributed by atoms with E-state index in [4.69, 9.17) is 0 Å². The van der Waals surface area contributed by atoms with Crippen LogP contribution in [0.15, 0.2) is 29.1 Å². The molecular formula is C22H33N6O2+. The van der Waals surface area contributed by atoms with Crippen LogP contribution in [-0.4, -0.2) is 43.4 Å². The molecule has 0 aliphatic rings. The summed E-state index contributed by atoms with van der Waals surface area (Å²) in [7, 11) is 0. The van der Waals surface area contributed by atoms with Crippen molar-refractivity contribution < 1.29 is 10.0 Å². The molecule has 0 fully saturated rings. The molecule has 0 radical (unpaired) electrons. The summed E-state index contributed by atoms with van der Waals surface area (Å²) >= 11 is 0. The second kappa shape index (κ2) is 9.06. The fourth-order valence-electron chi connectivity index (χ4n) is 4.04. The summed E-state index contributed by atoms with van der Waals surface area (Å²) in [6.07, 6.45) is 1.47. The third-order valence-electron chi connectivity index (χ3n) is 5.58. The summed E-state index contributed by atoms with van der Waals surface area (Å²) in [5.74, 6) is 0.811. The largest absolute Gasteiger partial charge is 0.396 e. The van der Waals surface area contributed by atoms with Crippen molar-refractivity contribution in [3.63, 3.8) is 0 Å². The number of H-pyrrole nitrogens is 1. The lowest BCUT2D eigenvalue weighted by Crippen LogP contribution is -3.11. The highest BCUT2D eigenvalue weighted by molar-refractivity contribution is 5.81. The van der Waals surface area contributed by atoms with Gasteiger partial charge in [0.05, 0.1) is 23.2 Å². The first kappa shape index (κ1) is 22.1. The van der Waals surface area contributed by atoms with Gasteiger partial charge in [0.2, 0.25) is 5.82 Å². The third kappa shape index (κ3) is 4.60. The van der Waals surface area contributed by atoms with Crippen molar-refractivity contribution in [1.29, 1.82) is 0 Å². The minimum atomic E-state index is -0.244. The molecule has 1 unspecified atom stereocenters. The molecule has 2 aromatic heterocycles. The lowest BCUT2D eigenvalue weighted by molar-refractivity contribution is -0.946. The van der Waals surface area contributed by atoms with Gasteiger partial charge in [-0.2, -0.15) is 0 Å². The molecule has 2 atom stereocenters. The predicted molar refractivity (Wildman–Crippen MR) is 116 cm³/mol. The van der Waals surface area contributed by atoms with E-state index in [-0.39, 0.29) is 23.7 Å². The summed E-state index contributed by atoms with van der Waals surface area (Å²) in [4.78, 5) is 17.1. The normalized spacial score (nSPS) is 14.2. The van der Waals surface area contributed by atoms with Crippen LogP contribution in [0.2, 0.25) is 0 Å². The number of nitrogens with one attached hydrogen (secondary N) is 2. The molecular weight excluding hydrogens is 380 g/mol. The van der Waals surface area contributed by atoms with Crippen LogP contribution < -0.4 is 10.5 Å². The average Bonchev–Trinajstić information content (AvgIpc) is 3.18. The highest BCUT2D eigenvalue weighted by Crippen LogP contribution is 2.19. The van der Waals surface area contributed by atoms with E-state index in [0.717, 1.165) is 40.8 Å². The van der Waals surface area contributed by atoms with Crippen molar-refractivity contribution in [2.75, 3.05) is 13.2 Å². The van der Waals surface area contributed by atoms with E-state index >= 15 is 0 Å². The van der Waals surface area contributed by atoms with E-state index in [9.17, 15) is 9.90 Å². The molecule has 2 heterocycles. The molecule has 0 bridgehead atoms. The number of hydrogen-bond acceptors (Lipinski definition) is 5. The Morgan fingerprint density at radius 3 is 2.73 bits per heavy atom. The van der Waals surface area contributed by atoms with Crippen LogP contribution in [0.4, 0.5) is 0 Å². The Morgan fingerprint density at radius 1 is 1.30 bits per heavy atom. The predicted octanol–water partition coefficient (Wildman–Crippen LogP) is 1.50. The van der Waals surface area contributed by atoms with Crippen molar-refractivity contribution >= 4 is 10.9 Å². The number of quaternary nitrogens is 1. The fourth-order valence-corrected chi connectivity index (χ4v) is 4.04. The van der Waals surface area contributed by atoms with E-state index in [1.165, 1.54) is 4.90 Å². The summed E-state index contributed by atoms with van der Waals surface area (Å²) in [5.41, 5.74) is 2.35. The molecule has 162 valence electrons. The molecule has 0 aliphatic carbocycles. The Kier molecular flexibility index (Phi) is 6.67. The fraction of sp³-hybridized carbons (Fsp3) is 0.545. The number of aromatic nitrogens is 5. The van der Waals surface area contributed by atoms with Gasteiger partial charge in [0, 0.05) is 19.4 Å². The second-order valence-corrected chi connectivity index (χ2v) is 8.91. The molecule has 0 spiro atoms. The van der Waals surface area contributed by atoms with Gasteiger partial charge in [0.15, 0.2) is 0 Å². The molecule has 30 heavy (non-hydrogen) atoms. The zero-order valence-electron chi connectivity index (χ0n) is 18.6. The number of aliphatic hydroxyl groups excluding tert-OH is 1. The SMILES string of the molecule is CC[C@@H](c1nnnn1C(C)(C)C)[NH+](CCCO)Cc1cc2cccc(C)c2[nH]c1=O. The molecule has 0 saturated heterocycles. The number of tetrazole rings is 1. The van der Waals surface area contributed by atoms with Crippen LogP contribution in [-0.2, 0) is 12.1 Å². The number of aromatic amines is 1. The number of para-hydroxylation sites is 1. The standard InChI is InChI=1S/C22H32N6O2/c1-6-18(20-24-25-26-28(20)22(3,4)5)27(11-8-12-29)14-17-13-16-10-7-9-15(2)19(16)23-21(17)30/h7,9-10,13,18,29H,6,8,11-12,14H2,1-5H3,(H,23,30)/p+1/t18-/m0/s1. The van der Waals surface area contributed by atoms with Gasteiger partial charge in [-0.25, -0.2) is 4.68 Å². The number of hydrogen-bond donors (Lipinski definition) is 3. The quantitative estimate of drug-likeness (QED) is 0.520. The highest BCUT2D eigenvalue weighted by atomic mass is 16.3. The van der Waals surface area contributed by atoms with Crippen LogP contribution >= 0.6 is 0 Å². The van der Waals surface area contributed by atoms with Crippen molar-refractivity contribution in [1.82, 2.24) is 25.2 Å². The molecule has 0 aliphatic heterocycles. The van der Waals surface area contributed by atoms with E-state index in [0.29, 0.717) is 13.0 Å². The summed E-state index contributed by atoms with van der Waals surface area (Å²) in [5, 5.41) is 23.0. The zero-order valence-corrected chi connectivity index (χ0v) is 18.6. The van der Waals surface area contributed by atoms with E-state index in [1.807, 2.05) is 35.9 Å². The maximum Gasteiger partial charge on any atom is 0.257 e. The molecule has 3 N–H and O–H groups in total. The topological polar surface area (TPSA) is 101 Å². The lowest BCUT2D eigenvalue weighted by atomic mass is 10.1. The average molecular weight is 414 g/mol. The molecule has 1 aromatic carbocycles. The number of aliphatic hydroxyl groups is 1. The molecule has 3 aromatic rings. The number of nitrogens with zero attached hydrogens (tertiary/aromatic N) is 4. The summed E-state index contributed by atoms with van der Waals surface area (Å²) in [6, 6.07) is 8.02. The first-order valence-electron chi connectivity index (χ1n) is 10.6. The highest BCUT2D eigenvalue weighted by Gasteiger charge is 2.32. The van der Waals surface area contributed by atoms with Gasteiger partial charge in [-0.15, -0.1) is 5.10 Å². The molecule has 0 amide bonds. The van der Waals surface area contributed by atoms with Crippen LogP contribution in [0.1, 0.15) is 63.5 Å². The number of aryl methyl sites for hydroxylation is 1. The number of benzene rings is 1. The van der Waals surface area contributed by atoms with Crippen molar-refractivity contribution in [2.45, 2.75) is 65.6 Å².